The van der Waals surface area contributed by atoms with Crippen LogP contribution in [0.4, 0.5) is 0 Å². The van der Waals surface area contributed by atoms with E-state index in [9.17, 15) is 0 Å². The summed E-state index contributed by atoms with van der Waals surface area (Å²) >= 11 is 4.71. The summed E-state index contributed by atoms with van der Waals surface area (Å²) in [6.07, 6.45) is 5.12. The van der Waals surface area contributed by atoms with Crippen LogP contribution in [0.5, 0.6) is 0 Å². The highest BCUT2D eigenvalue weighted by molar-refractivity contribution is 7.80. The molecule has 0 bridgehead atoms. The molecule has 0 radical (unpaired) electrons. The SMILES string of the molecule is C=C/C=C\C(=C)NC(=S)NN. The van der Waals surface area contributed by atoms with Crippen LogP contribution in [0.2, 0.25) is 0 Å². The van der Waals surface area contributed by atoms with Gasteiger partial charge in [0.1, 0.15) is 0 Å². The molecule has 0 fully saturated rings. The molecule has 11 heavy (non-hydrogen) atoms. The first-order valence-electron chi connectivity index (χ1n) is 2.96. The molecule has 0 aromatic carbocycles. The Bertz CT molecular complexity index is 196. The molecule has 0 rings (SSSR count). The number of allylic oxidation sites excluding steroid dienone is 3. The van der Waals surface area contributed by atoms with Crippen molar-refractivity contribution in [3.05, 3.63) is 37.1 Å². The molecular formula is C7H11N3S. The molecular weight excluding hydrogens is 158 g/mol. The molecule has 0 unspecified atom stereocenters. The number of rotatable bonds is 3. The van der Waals surface area contributed by atoms with Crippen molar-refractivity contribution in [2.24, 2.45) is 5.84 Å². The van der Waals surface area contributed by atoms with Crippen molar-refractivity contribution in [3.8, 4) is 0 Å². The summed E-state index contributed by atoms with van der Waals surface area (Å²) in [5, 5.41) is 3.07. The van der Waals surface area contributed by atoms with Crippen LogP contribution >= 0.6 is 12.2 Å². The average Bonchev–Trinajstić information content (AvgIpc) is 2.00. The Labute approximate surface area is 71.6 Å². The van der Waals surface area contributed by atoms with Crippen molar-refractivity contribution in [2.75, 3.05) is 0 Å². The first-order valence-corrected chi connectivity index (χ1v) is 3.37. The molecule has 4 N–H and O–H groups in total. The molecule has 0 heterocycles. The Morgan fingerprint density at radius 1 is 1.55 bits per heavy atom. The molecule has 60 valence electrons. The molecule has 0 saturated carbocycles. The van der Waals surface area contributed by atoms with Crippen molar-refractivity contribution in [2.45, 2.75) is 0 Å². The van der Waals surface area contributed by atoms with Crippen molar-refractivity contribution in [1.29, 1.82) is 0 Å². The van der Waals surface area contributed by atoms with Crippen LogP contribution in [0.25, 0.3) is 0 Å². The fourth-order valence-electron chi connectivity index (χ4n) is 0.408. The maximum atomic E-state index is 5.01. The lowest BCUT2D eigenvalue weighted by Gasteiger charge is -2.04. The molecule has 0 aliphatic rings. The zero-order valence-corrected chi connectivity index (χ0v) is 6.95. The third-order valence-corrected chi connectivity index (χ3v) is 1.06. The van der Waals surface area contributed by atoms with Crippen LogP contribution in [0.1, 0.15) is 0 Å². The van der Waals surface area contributed by atoms with Gasteiger partial charge in [-0.1, -0.05) is 25.3 Å². The van der Waals surface area contributed by atoms with Gasteiger partial charge < -0.3 is 10.7 Å². The van der Waals surface area contributed by atoms with Gasteiger partial charge in [0.25, 0.3) is 0 Å². The fraction of sp³-hybridized carbons (Fsp3) is 0. The van der Waals surface area contributed by atoms with E-state index in [1.54, 1.807) is 18.2 Å². The Morgan fingerprint density at radius 3 is 2.64 bits per heavy atom. The lowest BCUT2D eigenvalue weighted by atomic mass is 10.4. The predicted molar refractivity (Wildman–Crippen MR) is 51.5 cm³/mol. The Balaban J connectivity index is 3.78. The molecule has 4 heteroatoms. The molecule has 0 aromatic rings. The zero-order chi connectivity index (χ0) is 8.69. The van der Waals surface area contributed by atoms with Crippen molar-refractivity contribution in [1.82, 2.24) is 10.7 Å². The van der Waals surface area contributed by atoms with E-state index >= 15 is 0 Å². The minimum atomic E-state index is 0.337. The number of nitrogens with two attached hydrogens (primary N) is 1. The molecule has 0 aliphatic heterocycles. The highest BCUT2D eigenvalue weighted by Crippen LogP contribution is 1.86. The molecule has 0 spiro atoms. The van der Waals surface area contributed by atoms with Gasteiger partial charge in [0.15, 0.2) is 5.11 Å². The van der Waals surface area contributed by atoms with E-state index in [2.05, 4.69) is 23.9 Å². The van der Waals surface area contributed by atoms with E-state index in [1.165, 1.54) is 0 Å². The van der Waals surface area contributed by atoms with Crippen LogP contribution in [0.15, 0.2) is 37.1 Å². The maximum absolute atomic E-state index is 5.01. The molecule has 0 amide bonds. The minimum Gasteiger partial charge on any atom is -0.332 e. The van der Waals surface area contributed by atoms with Crippen molar-refractivity contribution < 1.29 is 0 Å². The highest BCUT2D eigenvalue weighted by Gasteiger charge is 1.89. The van der Waals surface area contributed by atoms with E-state index in [-0.39, 0.29) is 0 Å². The molecule has 3 nitrogen and oxygen atoms in total. The molecule has 0 aromatic heterocycles. The maximum Gasteiger partial charge on any atom is 0.185 e. The summed E-state index contributed by atoms with van der Waals surface area (Å²) in [4.78, 5) is 0. The van der Waals surface area contributed by atoms with Gasteiger partial charge in [-0.2, -0.15) is 0 Å². The largest absolute Gasteiger partial charge is 0.332 e. The third kappa shape index (κ3) is 5.32. The molecule has 0 aliphatic carbocycles. The molecule has 0 saturated heterocycles. The number of hydrazine groups is 1. The Kier molecular flexibility index (Phi) is 5.06. The van der Waals surface area contributed by atoms with Crippen molar-refractivity contribution >= 4 is 17.3 Å². The highest BCUT2D eigenvalue weighted by atomic mass is 32.1. The summed E-state index contributed by atoms with van der Waals surface area (Å²) in [6.45, 7) is 7.15. The van der Waals surface area contributed by atoms with Crippen molar-refractivity contribution in [3.63, 3.8) is 0 Å². The minimum absolute atomic E-state index is 0.337. The topological polar surface area (TPSA) is 50.1 Å². The van der Waals surface area contributed by atoms with Gasteiger partial charge in [-0.25, -0.2) is 5.84 Å². The fourth-order valence-corrected chi connectivity index (χ4v) is 0.539. The quantitative estimate of drug-likeness (QED) is 0.250. The van der Waals surface area contributed by atoms with Crippen LogP contribution < -0.4 is 16.6 Å². The second-order valence-corrected chi connectivity index (χ2v) is 2.13. The van der Waals surface area contributed by atoms with Crippen LogP contribution in [-0.4, -0.2) is 5.11 Å². The van der Waals surface area contributed by atoms with Gasteiger partial charge >= 0.3 is 0 Å². The summed E-state index contributed by atoms with van der Waals surface area (Å²) in [5.74, 6) is 5.01. The number of nitrogens with one attached hydrogen (secondary N) is 2. The lowest BCUT2D eigenvalue weighted by Crippen LogP contribution is -2.38. The van der Waals surface area contributed by atoms with E-state index in [0.29, 0.717) is 10.8 Å². The van der Waals surface area contributed by atoms with Gasteiger partial charge in [0, 0.05) is 5.70 Å². The second-order valence-electron chi connectivity index (χ2n) is 1.72. The van der Waals surface area contributed by atoms with Crippen LogP contribution in [0, 0.1) is 0 Å². The standard InChI is InChI=1S/C7H11N3S/c1-3-4-5-6(2)9-7(11)10-8/h3-5H,1-2,8H2,(H2,9,10,11)/b5-4-. The van der Waals surface area contributed by atoms with Gasteiger partial charge in [0.05, 0.1) is 0 Å². The smallest absolute Gasteiger partial charge is 0.185 e. The zero-order valence-electron chi connectivity index (χ0n) is 6.13. The third-order valence-electron chi connectivity index (χ3n) is 0.839. The summed E-state index contributed by atoms with van der Waals surface area (Å²) < 4.78 is 0. The Hall–Kier alpha value is -1.13. The Morgan fingerprint density at radius 2 is 2.18 bits per heavy atom. The molecule has 0 atom stereocenters. The average molecular weight is 169 g/mol. The number of hydrogen-bond donors (Lipinski definition) is 3. The van der Waals surface area contributed by atoms with Gasteiger partial charge in [-0.15, -0.1) is 0 Å². The summed E-state index contributed by atoms with van der Waals surface area (Å²) in [5.41, 5.74) is 2.93. The number of hydrogen-bond acceptors (Lipinski definition) is 2. The first-order chi connectivity index (χ1) is 5.20. The number of thiocarbonyl (C=S) groups is 1. The van der Waals surface area contributed by atoms with Crippen LogP contribution in [0.3, 0.4) is 0 Å². The van der Waals surface area contributed by atoms with E-state index in [0.717, 1.165) is 0 Å². The normalized spacial score (nSPS) is 9.18. The lowest BCUT2D eigenvalue weighted by molar-refractivity contribution is 0.983. The first kappa shape index (κ1) is 9.87. The van der Waals surface area contributed by atoms with Gasteiger partial charge in [-0.3, -0.25) is 0 Å². The van der Waals surface area contributed by atoms with Gasteiger partial charge in [-0.05, 0) is 18.3 Å². The summed E-state index contributed by atoms with van der Waals surface area (Å²) in [7, 11) is 0. The van der Waals surface area contributed by atoms with Crippen LogP contribution in [-0.2, 0) is 0 Å². The van der Waals surface area contributed by atoms with E-state index in [4.69, 9.17) is 18.1 Å². The predicted octanol–water partition coefficient (Wildman–Crippen LogP) is 0.580. The van der Waals surface area contributed by atoms with E-state index < -0.39 is 0 Å². The van der Waals surface area contributed by atoms with E-state index in [1.807, 2.05) is 0 Å². The van der Waals surface area contributed by atoms with Gasteiger partial charge in [0.2, 0.25) is 0 Å². The monoisotopic (exact) mass is 169 g/mol. The second kappa shape index (κ2) is 5.64. The summed E-state index contributed by atoms with van der Waals surface area (Å²) in [6, 6.07) is 0.